The van der Waals surface area contributed by atoms with Gasteiger partial charge >= 0.3 is 0 Å². The Hall–Kier alpha value is -5.30. The monoisotopic (exact) mass is 702 g/mol. The topological polar surface area (TPSA) is 36.7 Å². The summed E-state index contributed by atoms with van der Waals surface area (Å²) in [6, 6.07) is 27.8. The Morgan fingerprint density at radius 3 is 2.47 bits per heavy atom. The largest absolute Gasteiger partial charge is 0.236 e. The normalized spacial score (nSPS) is 23.2. The third kappa shape index (κ3) is 5.46. The van der Waals surface area contributed by atoms with Crippen LogP contribution in [0.15, 0.2) is 132 Å². The van der Waals surface area contributed by atoms with Crippen LogP contribution in [-0.4, -0.2) is 4.98 Å². The summed E-state index contributed by atoms with van der Waals surface area (Å²) in [6.45, 7) is 4.69. The van der Waals surface area contributed by atoms with Crippen LogP contribution in [0.25, 0.3) is 49.8 Å². The van der Waals surface area contributed by atoms with Crippen LogP contribution in [0.3, 0.4) is 0 Å². The van der Waals surface area contributed by atoms with Gasteiger partial charge in [0.15, 0.2) is 0 Å². The van der Waals surface area contributed by atoms with Crippen LogP contribution in [0.1, 0.15) is 78.3 Å². The molecule has 0 fully saturated rings. The predicted octanol–water partition coefficient (Wildman–Crippen LogP) is 13.1. The summed E-state index contributed by atoms with van der Waals surface area (Å²) in [4.78, 5) is 6.36. The number of nitrogens with zero attached hydrogens (tertiary/aromatic N) is 2. The second-order valence-corrected chi connectivity index (χ2v) is 16.7. The number of thiazole rings is 1. The van der Waals surface area contributed by atoms with Gasteiger partial charge in [0, 0.05) is 27.8 Å². The van der Waals surface area contributed by atoms with Gasteiger partial charge in [-0.05, 0) is 135 Å². The minimum Gasteiger partial charge on any atom is -0.236 e. The summed E-state index contributed by atoms with van der Waals surface area (Å²) in [5.41, 5.74) is 14.2. The molecule has 5 aromatic rings. The standard InChI is InChI=1S/C50H42N2S/c1-30-15-21-42-39-11-5-6-12-40(39)47-28-35(20-22-43(47)46(42)25-30)44-26-32(29-51)27-45(31(44)2)41-24-23-36(37-9-3-4-10-38(37)41)33-16-18-34(19-17-33)50-52-48-13-7-8-14-49(48)53-50/h3,5-7,9,11-13,15-22,24,26-28,30-31,36,45H,4,8,10,14,23,25H2,1-2H3/t30?,31-,36?,45?/m1/s1. The van der Waals surface area contributed by atoms with Crippen molar-refractivity contribution in [1.82, 2.24) is 4.98 Å². The smallest absolute Gasteiger partial charge is 0.124 e. The highest BCUT2D eigenvalue weighted by Crippen LogP contribution is 2.49. The predicted molar refractivity (Wildman–Crippen MR) is 223 cm³/mol. The molecule has 0 saturated carbocycles. The highest BCUT2D eigenvalue weighted by molar-refractivity contribution is 7.15. The van der Waals surface area contributed by atoms with E-state index in [0.717, 1.165) is 54.8 Å². The van der Waals surface area contributed by atoms with Crippen LogP contribution in [0.5, 0.6) is 0 Å². The number of aryl methyl sites for hydroxylation is 1. The van der Waals surface area contributed by atoms with Gasteiger partial charge in [-0.3, -0.25) is 0 Å². The first-order valence-corrected chi connectivity index (χ1v) is 20.2. The first-order chi connectivity index (χ1) is 26.0. The van der Waals surface area contributed by atoms with E-state index in [9.17, 15) is 5.26 Å². The second kappa shape index (κ2) is 13.0. The average Bonchev–Trinajstić information content (AvgIpc) is 3.65. The third-order valence-corrected chi connectivity index (χ3v) is 13.6. The maximum absolute atomic E-state index is 10.4. The lowest BCUT2D eigenvalue weighted by Gasteiger charge is -2.36. The van der Waals surface area contributed by atoms with Crippen molar-refractivity contribution in [2.45, 2.75) is 58.3 Å². The fourth-order valence-electron chi connectivity index (χ4n) is 9.72. The minimum atomic E-state index is 0.149. The quantitative estimate of drug-likeness (QED) is 0.175. The molecule has 5 aliphatic carbocycles. The summed E-state index contributed by atoms with van der Waals surface area (Å²) in [5, 5.41) is 16.8. The van der Waals surface area contributed by atoms with Gasteiger partial charge < -0.3 is 0 Å². The van der Waals surface area contributed by atoms with E-state index >= 15 is 0 Å². The molecule has 4 atom stereocenters. The SMILES string of the molecule is CC1C=Cc2c(c3ccc(C4=CC(C#N)=CC(C5=CCC(c6ccc(-c7nc8c(s7)CCC=C8)cc6)C6=C5CCC=C6)[C@@H]4C)cc3c3ccccc23)C1. The van der Waals surface area contributed by atoms with Gasteiger partial charge in [0.25, 0.3) is 0 Å². The van der Waals surface area contributed by atoms with Gasteiger partial charge in [-0.1, -0.05) is 117 Å². The first-order valence-electron chi connectivity index (χ1n) is 19.4. The molecule has 1 aromatic heterocycles. The number of allylic oxidation sites excluding steroid dienone is 12. The Kier molecular flexibility index (Phi) is 7.92. The van der Waals surface area contributed by atoms with Crippen LogP contribution < -0.4 is 0 Å². The zero-order chi connectivity index (χ0) is 35.6. The summed E-state index contributed by atoms with van der Waals surface area (Å²) < 4.78 is 0. The van der Waals surface area contributed by atoms with Crippen molar-refractivity contribution in [1.29, 1.82) is 5.26 Å². The van der Waals surface area contributed by atoms with E-state index in [2.05, 4.69) is 141 Å². The number of aromatic nitrogens is 1. The van der Waals surface area contributed by atoms with Crippen molar-refractivity contribution in [3.63, 3.8) is 0 Å². The number of benzene rings is 4. The molecule has 0 saturated heterocycles. The highest BCUT2D eigenvalue weighted by Gasteiger charge is 2.34. The summed E-state index contributed by atoms with van der Waals surface area (Å²) in [7, 11) is 0. The number of rotatable bonds is 4. The van der Waals surface area contributed by atoms with Crippen LogP contribution in [-0.2, 0) is 12.8 Å². The molecule has 2 nitrogen and oxygen atoms in total. The molecular weight excluding hydrogens is 661 g/mol. The van der Waals surface area contributed by atoms with Crippen molar-refractivity contribution in [3.05, 3.63) is 164 Å². The maximum atomic E-state index is 10.4. The van der Waals surface area contributed by atoms with E-state index in [1.54, 1.807) is 0 Å². The molecule has 258 valence electrons. The van der Waals surface area contributed by atoms with E-state index in [1.165, 1.54) is 76.5 Å². The summed E-state index contributed by atoms with van der Waals surface area (Å²) in [5.74, 6) is 1.24. The molecule has 53 heavy (non-hydrogen) atoms. The molecule has 3 heteroatoms. The van der Waals surface area contributed by atoms with Crippen molar-refractivity contribution in [2.24, 2.45) is 17.8 Å². The van der Waals surface area contributed by atoms with Crippen molar-refractivity contribution >= 4 is 50.6 Å². The summed E-state index contributed by atoms with van der Waals surface area (Å²) >= 11 is 1.84. The highest BCUT2D eigenvalue weighted by atomic mass is 32.1. The van der Waals surface area contributed by atoms with Gasteiger partial charge in [-0.15, -0.1) is 11.3 Å². The van der Waals surface area contributed by atoms with E-state index < -0.39 is 0 Å². The minimum absolute atomic E-state index is 0.149. The summed E-state index contributed by atoms with van der Waals surface area (Å²) in [6.07, 6.45) is 27.1. The number of fused-ring (bicyclic) bond motifs is 7. The van der Waals surface area contributed by atoms with Crippen LogP contribution >= 0.6 is 11.3 Å². The van der Waals surface area contributed by atoms with Gasteiger partial charge in [0.05, 0.1) is 11.8 Å². The molecule has 5 aliphatic rings. The molecule has 0 radical (unpaired) electrons. The Morgan fingerprint density at radius 1 is 0.811 bits per heavy atom. The van der Waals surface area contributed by atoms with Gasteiger partial charge in [-0.2, -0.15) is 5.26 Å². The Bertz CT molecular complexity index is 2610. The molecule has 0 bridgehead atoms. The molecule has 0 N–H and O–H groups in total. The van der Waals surface area contributed by atoms with E-state index in [0.29, 0.717) is 11.8 Å². The number of nitriles is 1. The Labute approximate surface area is 316 Å². The zero-order valence-electron chi connectivity index (χ0n) is 30.4. The zero-order valence-corrected chi connectivity index (χ0v) is 31.2. The van der Waals surface area contributed by atoms with Gasteiger partial charge in [-0.25, -0.2) is 4.98 Å². The lowest BCUT2D eigenvalue weighted by atomic mass is 9.67. The van der Waals surface area contributed by atoms with Gasteiger partial charge in [0.1, 0.15) is 5.01 Å². The van der Waals surface area contributed by atoms with Crippen LogP contribution in [0.2, 0.25) is 0 Å². The van der Waals surface area contributed by atoms with Crippen LogP contribution in [0.4, 0.5) is 0 Å². The third-order valence-electron chi connectivity index (χ3n) is 12.4. The fraction of sp³-hybridized carbons (Fsp3) is 0.240. The van der Waals surface area contributed by atoms with Crippen molar-refractivity contribution in [3.8, 4) is 16.6 Å². The molecular formula is C50H42N2S. The molecule has 0 amide bonds. The van der Waals surface area contributed by atoms with Gasteiger partial charge in [0.2, 0.25) is 0 Å². The number of hydrogen-bond acceptors (Lipinski definition) is 3. The fourth-order valence-corrected chi connectivity index (χ4v) is 10.8. The van der Waals surface area contributed by atoms with Crippen LogP contribution in [0, 0.1) is 29.1 Å². The number of hydrogen-bond donors (Lipinski definition) is 0. The van der Waals surface area contributed by atoms with Crippen molar-refractivity contribution in [2.75, 3.05) is 0 Å². The lowest BCUT2D eigenvalue weighted by Crippen LogP contribution is -2.23. The maximum Gasteiger partial charge on any atom is 0.124 e. The molecule has 0 aliphatic heterocycles. The molecule has 4 aromatic carbocycles. The Balaban J connectivity index is 0.992. The Morgan fingerprint density at radius 2 is 1.62 bits per heavy atom. The van der Waals surface area contributed by atoms with E-state index in [4.69, 9.17) is 4.98 Å². The van der Waals surface area contributed by atoms with E-state index in [1.807, 2.05) is 11.3 Å². The van der Waals surface area contributed by atoms with Crippen molar-refractivity contribution < 1.29 is 0 Å². The van der Waals surface area contributed by atoms with E-state index in [-0.39, 0.29) is 11.8 Å². The molecule has 0 spiro atoms. The lowest BCUT2D eigenvalue weighted by molar-refractivity contribution is 0.577. The second-order valence-electron chi connectivity index (χ2n) is 15.6. The average molecular weight is 703 g/mol. The molecule has 1 heterocycles. The first kappa shape index (κ1) is 32.4. The molecule has 10 rings (SSSR count). The molecule has 3 unspecified atom stereocenters.